The average molecular weight is 467 g/mol. The lowest BCUT2D eigenvalue weighted by molar-refractivity contribution is 0.0698. The summed E-state index contributed by atoms with van der Waals surface area (Å²) in [6.07, 6.45) is 1.50. The molecule has 0 aromatic heterocycles. The summed E-state index contributed by atoms with van der Waals surface area (Å²) in [5.41, 5.74) is 12.4. The van der Waals surface area contributed by atoms with Gasteiger partial charge in [-0.25, -0.2) is 4.79 Å². The first-order valence-corrected chi connectivity index (χ1v) is 12.1. The summed E-state index contributed by atoms with van der Waals surface area (Å²) in [5.74, 6) is -0.914. The normalized spacial score (nSPS) is 12.6. The third-order valence-electron chi connectivity index (χ3n) is 7.65. The largest absolute Gasteiger partial charge is 0.507 e. The van der Waals surface area contributed by atoms with Gasteiger partial charge < -0.3 is 10.2 Å². The molecule has 7 rings (SSSR count). The number of phenols is 1. The highest BCUT2D eigenvalue weighted by Gasteiger charge is 2.27. The Balaban J connectivity index is 1.41. The smallest absolute Gasteiger partial charge is 0.336 e. The molecule has 0 heterocycles. The van der Waals surface area contributed by atoms with Crippen LogP contribution in [0.25, 0.3) is 44.5 Å². The van der Waals surface area contributed by atoms with E-state index in [1.807, 2.05) is 48.5 Å². The fraction of sp³-hybridized carbons (Fsp3) is 0.0606. The fourth-order valence-electron chi connectivity index (χ4n) is 6.02. The Bertz CT molecular complexity index is 1730. The van der Waals surface area contributed by atoms with E-state index in [4.69, 9.17) is 0 Å². The zero-order valence-corrected chi connectivity index (χ0v) is 19.5. The predicted octanol–water partition coefficient (Wildman–Crippen LogP) is 7.57. The van der Waals surface area contributed by atoms with Crippen LogP contribution in [-0.4, -0.2) is 16.2 Å². The number of carbonyl (C=O) groups is 1. The van der Waals surface area contributed by atoms with Gasteiger partial charge in [-0.05, 0) is 80.6 Å². The second-order valence-corrected chi connectivity index (χ2v) is 9.55. The quantitative estimate of drug-likeness (QED) is 0.282. The minimum atomic E-state index is -1.00. The van der Waals surface area contributed by atoms with Gasteiger partial charge in [0.25, 0.3) is 0 Å². The molecule has 3 heteroatoms. The summed E-state index contributed by atoms with van der Waals surface area (Å²) in [5, 5.41) is 21.6. The number of aromatic carboxylic acids is 1. The summed E-state index contributed by atoms with van der Waals surface area (Å²) in [7, 11) is 0. The molecule has 0 spiro atoms. The van der Waals surface area contributed by atoms with Crippen LogP contribution in [0.3, 0.4) is 0 Å². The third kappa shape index (κ3) is 2.96. The molecule has 36 heavy (non-hydrogen) atoms. The van der Waals surface area contributed by atoms with Gasteiger partial charge in [-0.1, -0.05) is 84.9 Å². The van der Waals surface area contributed by atoms with E-state index in [2.05, 4.69) is 36.4 Å². The molecule has 2 N–H and O–H groups in total. The molecule has 0 radical (unpaired) electrons. The van der Waals surface area contributed by atoms with Gasteiger partial charge in [0.15, 0.2) is 0 Å². The van der Waals surface area contributed by atoms with Gasteiger partial charge in [-0.2, -0.15) is 0 Å². The molecular weight excluding hydrogens is 444 g/mol. The molecule has 0 bridgehead atoms. The van der Waals surface area contributed by atoms with Gasteiger partial charge in [0.05, 0.1) is 5.56 Å². The average Bonchev–Trinajstić information content (AvgIpc) is 3.47. The number of phenolic OH excluding ortho intramolecular Hbond substituents is 1. The van der Waals surface area contributed by atoms with Gasteiger partial charge in [-0.3, -0.25) is 0 Å². The molecule has 2 aliphatic rings. The van der Waals surface area contributed by atoms with Crippen LogP contribution in [0.2, 0.25) is 0 Å². The number of carboxylic acids is 1. The van der Waals surface area contributed by atoms with Gasteiger partial charge in [0, 0.05) is 11.1 Å². The van der Waals surface area contributed by atoms with Crippen LogP contribution in [0.5, 0.6) is 5.75 Å². The number of rotatable bonds is 3. The van der Waals surface area contributed by atoms with Crippen molar-refractivity contribution in [2.75, 3.05) is 0 Å². The number of aromatic hydroxyl groups is 1. The zero-order valence-electron chi connectivity index (χ0n) is 19.5. The highest BCUT2D eigenvalue weighted by molar-refractivity contribution is 6.01. The second kappa shape index (κ2) is 7.69. The summed E-state index contributed by atoms with van der Waals surface area (Å²) in [6.45, 7) is 0. The van der Waals surface area contributed by atoms with Crippen LogP contribution in [0.15, 0.2) is 97.1 Å². The van der Waals surface area contributed by atoms with E-state index < -0.39 is 5.97 Å². The molecule has 5 aromatic rings. The van der Waals surface area contributed by atoms with E-state index in [-0.39, 0.29) is 11.3 Å². The Morgan fingerprint density at radius 2 is 0.972 bits per heavy atom. The summed E-state index contributed by atoms with van der Waals surface area (Å²) in [4.78, 5) is 12.5. The first-order valence-electron chi connectivity index (χ1n) is 12.1. The number of hydrogen-bond donors (Lipinski definition) is 2. The first kappa shape index (κ1) is 20.7. The van der Waals surface area contributed by atoms with Crippen LogP contribution in [0.1, 0.15) is 32.6 Å². The number of hydrogen-bond acceptors (Lipinski definition) is 2. The molecule has 0 fully saturated rings. The van der Waals surface area contributed by atoms with Crippen molar-refractivity contribution in [3.63, 3.8) is 0 Å². The standard InChI is InChI=1S/C33H22O3/c34-32-18-29(25-13-5-11-23-21-9-3-1-7-19(21)15-27(23)25)31(33(35)36)17-30(32)26-14-6-12-24-22-10-4-2-8-20(22)16-28(24)26/h1-14,17-18,34H,15-16H2,(H,35,36). The zero-order chi connectivity index (χ0) is 24.4. The summed E-state index contributed by atoms with van der Waals surface area (Å²) < 4.78 is 0. The van der Waals surface area contributed by atoms with Gasteiger partial charge >= 0.3 is 5.97 Å². The molecule has 0 atom stereocenters. The first-order chi connectivity index (χ1) is 17.6. The molecule has 0 unspecified atom stereocenters. The number of benzene rings is 5. The highest BCUT2D eigenvalue weighted by Crippen LogP contribution is 2.47. The Kier molecular flexibility index (Phi) is 4.43. The maximum absolute atomic E-state index is 12.5. The van der Waals surface area contributed by atoms with Crippen LogP contribution < -0.4 is 0 Å². The summed E-state index contributed by atoms with van der Waals surface area (Å²) >= 11 is 0. The molecule has 0 saturated carbocycles. The minimum Gasteiger partial charge on any atom is -0.507 e. The molecule has 0 saturated heterocycles. The van der Waals surface area contributed by atoms with Crippen molar-refractivity contribution in [3.8, 4) is 50.3 Å². The Morgan fingerprint density at radius 3 is 1.50 bits per heavy atom. The van der Waals surface area contributed by atoms with Crippen LogP contribution >= 0.6 is 0 Å². The lowest BCUT2D eigenvalue weighted by Gasteiger charge is -2.16. The minimum absolute atomic E-state index is 0.0903. The Morgan fingerprint density at radius 1 is 0.528 bits per heavy atom. The van der Waals surface area contributed by atoms with Crippen molar-refractivity contribution in [2.45, 2.75) is 12.8 Å². The van der Waals surface area contributed by atoms with Crippen molar-refractivity contribution in [1.82, 2.24) is 0 Å². The van der Waals surface area contributed by atoms with Crippen molar-refractivity contribution in [1.29, 1.82) is 0 Å². The van der Waals surface area contributed by atoms with Crippen molar-refractivity contribution >= 4 is 5.97 Å². The summed E-state index contributed by atoms with van der Waals surface area (Å²) in [6, 6.07) is 31.9. The van der Waals surface area contributed by atoms with E-state index in [0.29, 0.717) is 11.1 Å². The molecule has 3 nitrogen and oxygen atoms in total. The maximum atomic E-state index is 12.5. The van der Waals surface area contributed by atoms with Gasteiger partial charge in [0.2, 0.25) is 0 Å². The van der Waals surface area contributed by atoms with Gasteiger partial charge in [0.1, 0.15) is 5.75 Å². The highest BCUT2D eigenvalue weighted by atomic mass is 16.4. The molecule has 172 valence electrons. The van der Waals surface area contributed by atoms with Crippen LogP contribution in [0, 0.1) is 0 Å². The number of fused-ring (bicyclic) bond motifs is 6. The van der Waals surface area contributed by atoms with E-state index in [9.17, 15) is 15.0 Å². The van der Waals surface area contributed by atoms with E-state index >= 15 is 0 Å². The van der Waals surface area contributed by atoms with Crippen molar-refractivity contribution in [3.05, 3.63) is 125 Å². The molecule has 2 aliphatic carbocycles. The van der Waals surface area contributed by atoms with Crippen molar-refractivity contribution in [2.24, 2.45) is 0 Å². The van der Waals surface area contributed by atoms with Gasteiger partial charge in [-0.15, -0.1) is 0 Å². The molecule has 0 aliphatic heterocycles. The monoisotopic (exact) mass is 466 g/mol. The van der Waals surface area contributed by atoms with E-state index in [0.717, 1.165) is 46.2 Å². The molecule has 5 aromatic carbocycles. The topological polar surface area (TPSA) is 57.5 Å². The van der Waals surface area contributed by atoms with Crippen molar-refractivity contribution < 1.29 is 15.0 Å². The Labute approximate surface area is 208 Å². The third-order valence-corrected chi connectivity index (χ3v) is 7.65. The van der Waals surface area contributed by atoms with E-state index in [1.165, 1.54) is 22.3 Å². The fourth-order valence-corrected chi connectivity index (χ4v) is 6.02. The van der Waals surface area contributed by atoms with Crippen LogP contribution in [-0.2, 0) is 12.8 Å². The number of carboxylic acid groups (broad SMARTS) is 1. The van der Waals surface area contributed by atoms with Crippen LogP contribution in [0.4, 0.5) is 0 Å². The SMILES string of the molecule is O=C(O)c1cc(-c2cccc3c2Cc2ccccc2-3)c(O)cc1-c1cccc2c1Cc1ccccc1-2. The lowest BCUT2D eigenvalue weighted by Crippen LogP contribution is -2.02. The van der Waals surface area contributed by atoms with E-state index in [1.54, 1.807) is 12.1 Å². The molecule has 0 amide bonds. The Hall–Kier alpha value is -4.63. The molecular formula is C33H22O3. The maximum Gasteiger partial charge on any atom is 0.336 e. The lowest BCUT2D eigenvalue weighted by atomic mass is 9.88. The predicted molar refractivity (Wildman–Crippen MR) is 142 cm³/mol. The second-order valence-electron chi connectivity index (χ2n) is 9.55.